The molecule has 0 bridgehead atoms. The number of hydrogen-bond donors (Lipinski definition) is 2. The van der Waals surface area contributed by atoms with Gasteiger partial charge in [0.25, 0.3) is 0 Å². The third-order valence-electron chi connectivity index (χ3n) is 3.53. The van der Waals surface area contributed by atoms with Crippen molar-refractivity contribution in [1.29, 1.82) is 0 Å². The maximum Gasteiger partial charge on any atom is 0.416 e. The Labute approximate surface area is 161 Å². The van der Waals surface area contributed by atoms with Crippen molar-refractivity contribution in [2.24, 2.45) is 0 Å². The van der Waals surface area contributed by atoms with Gasteiger partial charge in [0.05, 0.1) is 11.8 Å². The zero-order chi connectivity index (χ0) is 20.3. The van der Waals surface area contributed by atoms with Gasteiger partial charge >= 0.3 is 12.2 Å². The second-order valence-electron chi connectivity index (χ2n) is 5.65. The Hall–Kier alpha value is -3.14. The maximum absolute atomic E-state index is 13.2. The van der Waals surface area contributed by atoms with Crippen LogP contribution < -0.4 is 15.4 Å². The summed E-state index contributed by atoms with van der Waals surface area (Å²) < 4.78 is 57.0. The molecule has 0 aliphatic carbocycles. The van der Waals surface area contributed by atoms with E-state index in [0.29, 0.717) is 10.6 Å². The summed E-state index contributed by atoms with van der Waals surface area (Å²) in [5.41, 5.74) is -0.369. The van der Waals surface area contributed by atoms with Crippen LogP contribution in [0, 0.1) is 12.7 Å². The number of hydrogen-bond acceptors (Lipinski definition) is 4. The topological polar surface area (TPSA) is 63.2 Å². The number of aryl methyl sites for hydroxylation is 1. The van der Waals surface area contributed by atoms with E-state index in [2.05, 4.69) is 15.6 Å². The smallest absolute Gasteiger partial charge is 0.416 e. The molecule has 0 fully saturated rings. The predicted octanol–water partition coefficient (Wildman–Crippen LogP) is 6.05. The van der Waals surface area contributed by atoms with Crippen LogP contribution in [0.4, 0.5) is 33.2 Å². The molecule has 146 valence electrons. The summed E-state index contributed by atoms with van der Waals surface area (Å²) in [4.78, 5) is 16.0. The standard InChI is InChI=1S/C18H13F4N3O2S/c1-10-5-6-11(18(20,21)22)7-14(10)24-16(26)25-17-23-9-15(28-17)27-13-4-2-3-12(19)8-13/h2-9H,1H3,(H2,23,24,25,26). The number of carbonyl (C=O) groups excluding carboxylic acids is 1. The highest BCUT2D eigenvalue weighted by molar-refractivity contribution is 7.17. The number of ether oxygens (including phenoxy) is 1. The fraction of sp³-hybridized carbons (Fsp3) is 0.111. The van der Waals surface area contributed by atoms with E-state index >= 15 is 0 Å². The number of thiazole rings is 1. The minimum absolute atomic E-state index is 0.0279. The number of alkyl halides is 3. The van der Waals surface area contributed by atoms with E-state index in [-0.39, 0.29) is 16.6 Å². The van der Waals surface area contributed by atoms with E-state index in [9.17, 15) is 22.4 Å². The van der Waals surface area contributed by atoms with Crippen molar-refractivity contribution in [2.75, 3.05) is 10.6 Å². The quantitative estimate of drug-likeness (QED) is 0.514. The number of halogens is 4. The van der Waals surface area contributed by atoms with E-state index in [1.807, 2.05) is 0 Å². The number of nitrogens with one attached hydrogen (secondary N) is 2. The summed E-state index contributed by atoms with van der Waals surface area (Å²) in [6, 6.07) is 7.81. The van der Waals surface area contributed by atoms with Crippen molar-refractivity contribution in [3.63, 3.8) is 0 Å². The van der Waals surface area contributed by atoms with Crippen LogP contribution in [0.3, 0.4) is 0 Å². The highest BCUT2D eigenvalue weighted by atomic mass is 32.1. The molecule has 0 saturated carbocycles. The number of urea groups is 1. The molecule has 1 aromatic heterocycles. The van der Waals surface area contributed by atoms with Crippen molar-refractivity contribution in [3.05, 3.63) is 65.6 Å². The first kappa shape index (κ1) is 19.6. The second-order valence-corrected chi connectivity index (χ2v) is 6.64. The molecule has 5 nitrogen and oxygen atoms in total. The van der Waals surface area contributed by atoms with Crippen LogP contribution in [0.25, 0.3) is 0 Å². The Bertz CT molecular complexity index is 1000. The molecule has 28 heavy (non-hydrogen) atoms. The summed E-state index contributed by atoms with van der Waals surface area (Å²) >= 11 is 0.976. The lowest BCUT2D eigenvalue weighted by atomic mass is 10.1. The molecule has 2 amide bonds. The van der Waals surface area contributed by atoms with Gasteiger partial charge in [-0.05, 0) is 36.8 Å². The van der Waals surface area contributed by atoms with Crippen molar-refractivity contribution >= 4 is 28.2 Å². The molecule has 0 atom stereocenters. The Kier molecular flexibility index (Phi) is 5.50. The molecule has 2 N–H and O–H groups in total. The Morgan fingerprint density at radius 2 is 1.93 bits per heavy atom. The van der Waals surface area contributed by atoms with Gasteiger partial charge in [-0.25, -0.2) is 14.2 Å². The van der Waals surface area contributed by atoms with Crippen LogP contribution in [-0.2, 0) is 6.18 Å². The fourth-order valence-electron chi connectivity index (χ4n) is 2.19. The van der Waals surface area contributed by atoms with Gasteiger partial charge in [0.15, 0.2) is 5.13 Å². The molecular weight excluding hydrogens is 398 g/mol. The molecule has 0 aliphatic rings. The highest BCUT2D eigenvalue weighted by Crippen LogP contribution is 2.33. The number of anilines is 2. The van der Waals surface area contributed by atoms with Gasteiger partial charge in [0, 0.05) is 11.8 Å². The zero-order valence-corrected chi connectivity index (χ0v) is 15.1. The van der Waals surface area contributed by atoms with Crippen molar-refractivity contribution < 1.29 is 27.1 Å². The number of nitrogens with zero attached hydrogens (tertiary/aromatic N) is 1. The molecule has 10 heteroatoms. The Morgan fingerprint density at radius 1 is 1.14 bits per heavy atom. The minimum Gasteiger partial charge on any atom is -0.445 e. The average Bonchev–Trinajstić information content (AvgIpc) is 3.02. The molecule has 1 heterocycles. The minimum atomic E-state index is -4.51. The first-order valence-electron chi connectivity index (χ1n) is 7.86. The number of carbonyl (C=O) groups is 1. The van der Waals surface area contributed by atoms with Gasteiger partial charge in [-0.3, -0.25) is 5.32 Å². The Balaban J connectivity index is 1.65. The first-order valence-corrected chi connectivity index (χ1v) is 8.67. The molecule has 0 radical (unpaired) electrons. The van der Waals surface area contributed by atoms with Gasteiger partial charge in [-0.15, -0.1) is 0 Å². The highest BCUT2D eigenvalue weighted by Gasteiger charge is 2.31. The SMILES string of the molecule is Cc1ccc(C(F)(F)F)cc1NC(=O)Nc1ncc(Oc2cccc(F)c2)s1. The molecule has 0 saturated heterocycles. The van der Waals surface area contributed by atoms with E-state index in [4.69, 9.17) is 4.74 Å². The third-order valence-corrected chi connectivity index (χ3v) is 4.32. The summed E-state index contributed by atoms with van der Waals surface area (Å²) in [5, 5.41) is 5.24. The van der Waals surface area contributed by atoms with Gasteiger partial charge < -0.3 is 10.1 Å². The van der Waals surface area contributed by atoms with E-state index in [0.717, 1.165) is 23.5 Å². The Morgan fingerprint density at radius 3 is 2.64 bits per heavy atom. The lowest BCUT2D eigenvalue weighted by molar-refractivity contribution is -0.137. The van der Waals surface area contributed by atoms with Crippen LogP contribution in [0.1, 0.15) is 11.1 Å². The van der Waals surface area contributed by atoms with E-state index in [1.165, 1.54) is 30.5 Å². The molecule has 3 aromatic rings. The predicted molar refractivity (Wildman–Crippen MR) is 97.4 cm³/mol. The van der Waals surface area contributed by atoms with Crippen LogP contribution in [-0.4, -0.2) is 11.0 Å². The summed E-state index contributed by atoms with van der Waals surface area (Å²) in [7, 11) is 0. The van der Waals surface area contributed by atoms with Gasteiger partial charge in [0.1, 0.15) is 11.6 Å². The number of aromatic nitrogens is 1. The molecule has 0 unspecified atom stereocenters. The first-order chi connectivity index (χ1) is 13.2. The van der Waals surface area contributed by atoms with Crippen LogP contribution in [0.2, 0.25) is 0 Å². The average molecular weight is 411 g/mol. The van der Waals surface area contributed by atoms with Crippen LogP contribution >= 0.6 is 11.3 Å². The summed E-state index contributed by atoms with van der Waals surface area (Å²) in [6.07, 6.45) is -3.18. The largest absolute Gasteiger partial charge is 0.445 e. The number of benzene rings is 2. The third kappa shape index (κ3) is 4.97. The normalized spacial score (nSPS) is 11.2. The molecule has 3 rings (SSSR count). The number of rotatable bonds is 4. The van der Waals surface area contributed by atoms with Crippen LogP contribution in [0.15, 0.2) is 48.7 Å². The number of amides is 2. The molecular formula is C18H13F4N3O2S. The molecule has 2 aromatic carbocycles. The fourth-order valence-corrected chi connectivity index (χ4v) is 2.88. The second kappa shape index (κ2) is 7.85. The lowest BCUT2D eigenvalue weighted by Gasteiger charge is -2.12. The van der Waals surface area contributed by atoms with Gasteiger partial charge in [-0.2, -0.15) is 13.2 Å². The zero-order valence-electron chi connectivity index (χ0n) is 14.3. The van der Waals surface area contributed by atoms with Gasteiger partial charge in [0.2, 0.25) is 5.06 Å². The maximum atomic E-state index is 13.2. The molecule has 0 aliphatic heterocycles. The van der Waals surface area contributed by atoms with E-state index in [1.54, 1.807) is 13.0 Å². The van der Waals surface area contributed by atoms with Crippen molar-refractivity contribution in [3.8, 4) is 10.8 Å². The van der Waals surface area contributed by atoms with Crippen LogP contribution in [0.5, 0.6) is 10.8 Å². The van der Waals surface area contributed by atoms with Crippen molar-refractivity contribution in [1.82, 2.24) is 4.98 Å². The van der Waals surface area contributed by atoms with Crippen molar-refractivity contribution in [2.45, 2.75) is 13.1 Å². The van der Waals surface area contributed by atoms with Gasteiger partial charge in [-0.1, -0.05) is 23.5 Å². The summed E-state index contributed by atoms with van der Waals surface area (Å²) in [5.74, 6) is -0.199. The van der Waals surface area contributed by atoms with E-state index < -0.39 is 23.6 Å². The summed E-state index contributed by atoms with van der Waals surface area (Å²) in [6.45, 7) is 1.57. The monoisotopic (exact) mass is 411 g/mol. The lowest BCUT2D eigenvalue weighted by Crippen LogP contribution is -2.20. The molecule has 0 spiro atoms.